The molecule has 1 N–H and O–H groups in total. The second-order valence-corrected chi connectivity index (χ2v) is 8.27. The quantitative estimate of drug-likeness (QED) is 0.871. The number of sulfonamides is 1. The fraction of sp³-hybridized carbons (Fsp3) is 0.316. The number of hydrogen-bond donors (Lipinski definition) is 1. The van der Waals surface area contributed by atoms with Crippen molar-refractivity contribution in [2.45, 2.75) is 30.3 Å². The Kier molecular flexibility index (Phi) is 4.61. The number of anilines is 2. The Bertz CT molecular complexity index is 987. The summed E-state index contributed by atoms with van der Waals surface area (Å²) in [6, 6.07) is 10.2. The van der Waals surface area contributed by atoms with E-state index in [9.17, 15) is 17.6 Å². The van der Waals surface area contributed by atoms with Gasteiger partial charge in [0.05, 0.1) is 0 Å². The molecule has 0 aromatic heterocycles. The first-order chi connectivity index (χ1) is 13.0. The van der Waals surface area contributed by atoms with Crippen molar-refractivity contribution in [3.05, 3.63) is 53.8 Å². The lowest BCUT2D eigenvalue weighted by atomic mass is 10.1. The van der Waals surface area contributed by atoms with Crippen LogP contribution in [0, 0.1) is 5.82 Å². The number of fused-ring (bicyclic) bond motifs is 1. The Morgan fingerprint density at radius 2 is 2.04 bits per heavy atom. The molecule has 1 fully saturated rings. The predicted molar refractivity (Wildman–Crippen MR) is 98.7 cm³/mol. The number of nitrogens with one attached hydrogen (secondary N) is 1. The molecule has 0 spiro atoms. The molecule has 142 valence electrons. The highest BCUT2D eigenvalue weighted by Gasteiger charge is 2.33. The molecule has 2 aromatic carbocycles. The number of ether oxygens (including phenoxy) is 1. The van der Waals surface area contributed by atoms with Gasteiger partial charge in [0.1, 0.15) is 16.8 Å². The van der Waals surface area contributed by atoms with Gasteiger partial charge in [-0.15, -0.1) is 0 Å². The van der Waals surface area contributed by atoms with Crippen LogP contribution in [0.5, 0.6) is 0 Å². The van der Waals surface area contributed by atoms with E-state index in [2.05, 4.69) is 4.72 Å². The zero-order valence-electron chi connectivity index (χ0n) is 14.5. The Morgan fingerprint density at radius 1 is 1.22 bits per heavy atom. The molecule has 1 unspecified atom stereocenters. The van der Waals surface area contributed by atoms with Gasteiger partial charge in [0.25, 0.3) is 15.9 Å². The van der Waals surface area contributed by atoms with E-state index in [0.717, 1.165) is 30.2 Å². The van der Waals surface area contributed by atoms with E-state index in [4.69, 9.17) is 4.74 Å². The van der Waals surface area contributed by atoms with Crippen molar-refractivity contribution < 1.29 is 22.3 Å². The molecular formula is C19H19FN2O4S. The van der Waals surface area contributed by atoms with E-state index in [-0.39, 0.29) is 5.91 Å². The molecule has 1 atom stereocenters. The summed E-state index contributed by atoms with van der Waals surface area (Å²) in [5, 5.41) is 0. The Balaban J connectivity index is 1.56. The minimum atomic E-state index is -4.03. The minimum absolute atomic E-state index is 0.0501. The van der Waals surface area contributed by atoms with Crippen LogP contribution in [-0.2, 0) is 26.0 Å². The maximum atomic E-state index is 13.8. The second kappa shape index (κ2) is 6.94. The summed E-state index contributed by atoms with van der Waals surface area (Å²) in [5.74, 6) is -0.856. The summed E-state index contributed by atoms with van der Waals surface area (Å²) < 4.78 is 46.6. The normalized spacial score (nSPS) is 19.1. The Morgan fingerprint density at radius 3 is 2.78 bits per heavy atom. The average Bonchev–Trinajstić information content (AvgIpc) is 3.31. The smallest absolute Gasteiger partial charge is 0.264 e. The molecule has 8 heteroatoms. The van der Waals surface area contributed by atoms with E-state index in [1.54, 1.807) is 23.1 Å². The molecule has 2 heterocycles. The third-order valence-corrected chi connectivity index (χ3v) is 6.24. The van der Waals surface area contributed by atoms with E-state index in [0.29, 0.717) is 25.3 Å². The summed E-state index contributed by atoms with van der Waals surface area (Å²) in [4.78, 5) is 13.9. The van der Waals surface area contributed by atoms with Crippen LogP contribution in [-0.4, -0.2) is 33.6 Å². The molecule has 0 radical (unpaired) electrons. The van der Waals surface area contributed by atoms with Crippen LogP contribution in [0.25, 0.3) is 0 Å². The van der Waals surface area contributed by atoms with Crippen LogP contribution >= 0.6 is 0 Å². The lowest BCUT2D eigenvalue weighted by molar-refractivity contribution is -0.127. The highest BCUT2D eigenvalue weighted by molar-refractivity contribution is 7.92. The number of carbonyl (C=O) groups excluding carboxylic acids is 1. The molecule has 0 bridgehead atoms. The van der Waals surface area contributed by atoms with E-state index >= 15 is 0 Å². The topological polar surface area (TPSA) is 75.7 Å². The van der Waals surface area contributed by atoms with Crippen LogP contribution in [0.3, 0.4) is 0 Å². The number of halogens is 1. The number of hydrogen-bond acceptors (Lipinski definition) is 4. The standard InChI is InChI=1S/C19H19FN2O4S/c20-15-4-1-2-6-18(15)27(24,25)21-14-7-8-16-13(12-14)9-10-22(16)19(23)17-5-3-11-26-17/h1-2,4,6-8,12,17,21H,3,5,9-11H2. The fourth-order valence-corrected chi connectivity index (χ4v) is 4.64. The van der Waals surface area contributed by atoms with Gasteiger partial charge in [-0.2, -0.15) is 0 Å². The van der Waals surface area contributed by atoms with Crippen LogP contribution in [0.2, 0.25) is 0 Å². The first-order valence-electron chi connectivity index (χ1n) is 8.79. The van der Waals surface area contributed by atoms with Crippen molar-refractivity contribution in [3.63, 3.8) is 0 Å². The molecule has 2 aliphatic heterocycles. The molecular weight excluding hydrogens is 371 g/mol. The molecule has 4 rings (SSSR count). The van der Waals surface area contributed by atoms with Crippen LogP contribution < -0.4 is 9.62 Å². The lowest BCUT2D eigenvalue weighted by Crippen LogP contribution is -2.37. The molecule has 2 aromatic rings. The molecule has 0 saturated carbocycles. The molecule has 0 aliphatic carbocycles. The predicted octanol–water partition coefficient (Wildman–Crippen LogP) is 2.69. The summed E-state index contributed by atoms with van der Waals surface area (Å²) in [7, 11) is -4.03. The van der Waals surface area contributed by atoms with Crippen molar-refractivity contribution in [2.24, 2.45) is 0 Å². The van der Waals surface area contributed by atoms with Crippen LogP contribution in [0.15, 0.2) is 47.4 Å². The van der Waals surface area contributed by atoms with Gasteiger partial charge in [-0.3, -0.25) is 9.52 Å². The SMILES string of the molecule is O=C(C1CCCO1)N1CCc2cc(NS(=O)(=O)c3ccccc3F)ccc21. The summed E-state index contributed by atoms with van der Waals surface area (Å²) in [6.45, 7) is 1.14. The first kappa shape index (κ1) is 17.9. The molecule has 1 amide bonds. The minimum Gasteiger partial charge on any atom is -0.368 e. The van der Waals surface area contributed by atoms with Gasteiger partial charge >= 0.3 is 0 Å². The monoisotopic (exact) mass is 390 g/mol. The highest BCUT2D eigenvalue weighted by atomic mass is 32.2. The first-order valence-corrected chi connectivity index (χ1v) is 10.3. The van der Waals surface area contributed by atoms with Gasteiger partial charge in [0.15, 0.2) is 0 Å². The van der Waals surface area contributed by atoms with Crippen molar-refractivity contribution in [1.82, 2.24) is 0 Å². The number of amides is 1. The summed E-state index contributed by atoms with van der Waals surface area (Å²) >= 11 is 0. The van der Waals surface area contributed by atoms with Gasteiger partial charge in [-0.1, -0.05) is 12.1 Å². The van der Waals surface area contributed by atoms with Gasteiger partial charge in [-0.25, -0.2) is 12.8 Å². The van der Waals surface area contributed by atoms with Gasteiger partial charge in [0, 0.05) is 24.5 Å². The van der Waals surface area contributed by atoms with Gasteiger partial charge in [0.2, 0.25) is 0 Å². The fourth-order valence-electron chi connectivity index (χ4n) is 3.51. The highest BCUT2D eigenvalue weighted by Crippen LogP contribution is 2.33. The van der Waals surface area contributed by atoms with E-state index in [1.807, 2.05) is 0 Å². The second-order valence-electron chi connectivity index (χ2n) is 6.62. The number of rotatable bonds is 4. The third-order valence-electron chi connectivity index (χ3n) is 4.82. The average molecular weight is 390 g/mol. The van der Waals surface area contributed by atoms with Crippen molar-refractivity contribution in [3.8, 4) is 0 Å². The van der Waals surface area contributed by atoms with Crippen molar-refractivity contribution in [2.75, 3.05) is 22.8 Å². The van der Waals surface area contributed by atoms with E-state index in [1.165, 1.54) is 18.2 Å². The van der Waals surface area contributed by atoms with Gasteiger partial charge in [-0.05, 0) is 55.2 Å². The van der Waals surface area contributed by atoms with Crippen molar-refractivity contribution >= 4 is 27.3 Å². The maximum absolute atomic E-state index is 13.8. The molecule has 6 nitrogen and oxygen atoms in total. The molecule has 1 saturated heterocycles. The summed E-state index contributed by atoms with van der Waals surface area (Å²) in [5.41, 5.74) is 1.97. The molecule has 27 heavy (non-hydrogen) atoms. The van der Waals surface area contributed by atoms with Crippen LogP contribution in [0.1, 0.15) is 18.4 Å². The van der Waals surface area contributed by atoms with E-state index < -0.39 is 26.8 Å². The largest absolute Gasteiger partial charge is 0.368 e. The molecule has 2 aliphatic rings. The number of benzene rings is 2. The number of carbonyl (C=O) groups is 1. The van der Waals surface area contributed by atoms with Crippen molar-refractivity contribution in [1.29, 1.82) is 0 Å². The maximum Gasteiger partial charge on any atom is 0.264 e. The number of nitrogens with zero attached hydrogens (tertiary/aromatic N) is 1. The zero-order chi connectivity index (χ0) is 19.0. The Hall–Kier alpha value is -2.45. The zero-order valence-corrected chi connectivity index (χ0v) is 15.3. The van der Waals surface area contributed by atoms with Gasteiger partial charge < -0.3 is 9.64 Å². The lowest BCUT2D eigenvalue weighted by Gasteiger charge is -2.21. The summed E-state index contributed by atoms with van der Waals surface area (Å²) in [6.07, 6.45) is 1.84. The third kappa shape index (κ3) is 3.42. The Labute approximate surface area is 157 Å². The van der Waals surface area contributed by atoms with Crippen LogP contribution in [0.4, 0.5) is 15.8 Å².